The molecule has 0 amide bonds. The summed E-state index contributed by atoms with van der Waals surface area (Å²) < 4.78 is 5.08. The molecule has 0 N–H and O–H groups in total. The van der Waals surface area contributed by atoms with Crippen molar-refractivity contribution in [2.75, 3.05) is 14.2 Å². The first-order valence-electron chi connectivity index (χ1n) is 6.80. The lowest BCUT2D eigenvalue weighted by atomic mass is 10.1. The fourth-order valence-electron chi connectivity index (χ4n) is 1.97. The number of nitrogens with zero attached hydrogens (tertiary/aromatic N) is 1. The van der Waals surface area contributed by atoms with Gasteiger partial charge in [0, 0.05) is 31.4 Å². The SMILES string of the molecule is COc1ccc(C(=O)/C=C\N(C)Cc2ccccc2)cc1. The van der Waals surface area contributed by atoms with Crippen LogP contribution in [-0.4, -0.2) is 24.8 Å². The Morgan fingerprint density at radius 3 is 2.38 bits per heavy atom. The molecular weight excluding hydrogens is 262 g/mol. The second-order valence-electron chi connectivity index (χ2n) is 4.81. The number of ketones is 1. The zero-order valence-electron chi connectivity index (χ0n) is 12.3. The van der Waals surface area contributed by atoms with Crippen molar-refractivity contribution in [2.45, 2.75) is 6.54 Å². The zero-order valence-corrected chi connectivity index (χ0v) is 12.3. The molecule has 0 bridgehead atoms. The normalized spacial score (nSPS) is 10.6. The number of ether oxygens (including phenoxy) is 1. The number of hydrogen-bond acceptors (Lipinski definition) is 3. The van der Waals surface area contributed by atoms with Crippen LogP contribution >= 0.6 is 0 Å². The van der Waals surface area contributed by atoms with E-state index in [1.54, 1.807) is 43.7 Å². The maximum atomic E-state index is 12.0. The Hall–Kier alpha value is -2.55. The minimum atomic E-state index is -0.0161. The van der Waals surface area contributed by atoms with Crippen molar-refractivity contribution in [2.24, 2.45) is 0 Å². The number of carbonyl (C=O) groups excluding carboxylic acids is 1. The molecule has 21 heavy (non-hydrogen) atoms. The molecule has 2 aromatic carbocycles. The van der Waals surface area contributed by atoms with Gasteiger partial charge in [0.1, 0.15) is 5.75 Å². The fourth-order valence-corrected chi connectivity index (χ4v) is 1.97. The molecule has 0 aliphatic heterocycles. The van der Waals surface area contributed by atoms with E-state index in [9.17, 15) is 4.79 Å². The molecule has 0 aliphatic rings. The molecule has 0 aliphatic carbocycles. The molecule has 0 atom stereocenters. The quantitative estimate of drug-likeness (QED) is 0.599. The van der Waals surface area contributed by atoms with Gasteiger partial charge in [-0.15, -0.1) is 0 Å². The van der Waals surface area contributed by atoms with Crippen LogP contribution in [0.4, 0.5) is 0 Å². The molecule has 108 valence electrons. The number of rotatable bonds is 6. The Morgan fingerprint density at radius 1 is 1.10 bits per heavy atom. The summed E-state index contributed by atoms with van der Waals surface area (Å²) in [5.41, 5.74) is 1.86. The van der Waals surface area contributed by atoms with Crippen molar-refractivity contribution in [3.05, 3.63) is 78.0 Å². The largest absolute Gasteiger partial charge is 0.497 e. The van der Waals surface area contributed by atoms with Crippen LogP contribution in [0.5, 0.6) is 5.75 Å². The van der Waals surface area contributed by atoms with Crippen molar-refractivity contribution in [1.82, 2.24) is 4.90 Å². The molecule has 3 heteroatoms. The van der Waals surface area contributed by atoms with Crippen LogP contribution in [0.25, 0.3) is 0 Å². The Kier molecular flexibility index (Phi) is 5.16. The zero-order chi connectivity index (χ0) is 15.1. The van der Waals surface area contributed by atoms with Crippen LogP contribution in [0, 0.1) is 0 Å². The topological polar surface area (TPSA) is 29.5 Å². The minimum absolute atomic E-state index is 0.0161. The third kappa shape index (κ3) is 4.49. The van der Waals surface area contributed by atoms with Gasteiger partial charge < -0.3 is 9.64 Å². The molecule has 0 radical (unpaired) electrons. The Bertz CT molecular complexity index is 603. The predicted molar refractivity (Wildman–Crippen MR) is 84.4 cm³/mol. The highest BCUT2D eigenvalue weighted by molar-refractivity contribution is 6.04. The average molecular weight is 281 g/mol. The van der Waals surface area contributed by atoms with E-state index >= 15 is 0 Å². The van der Waals surface area contributed by atoms with Gasteiger partial charge in [-0.25, -0.2) is 0 Å². The Labute approximate surface area is 125 Å². The van der Waals surface area contributed by atoms with Crippen LogP contribution < -0.4 is 4.74 Å². The van der Waals surface area contributed by atoms with E-state index in [2.05, 4.69) is 12.1 Å². The van der Waals surface area contributed by atoms with E-state index in [-0.39, 0.29) is 5.78 Å². The summed E-state index contributed by atoms with van der Waals surface area (Å²) in [7, 11) is 3.56. The van der Waals surface area contributed by atoms with Crippen LogP contribution in [-0.2, 0) is 6.54 Å². The highest BCUT2D eigenvalue weighted by atomic mass is 16.5. The van der Waals surface area contributed by atoms with E-state index in [0.29, 0.717) is 5.56 Å². The van der Waals surface area contributed by atoms with Gasteiger partial charge in [-0.05, 0) is 29.8 Å². The first kappa shape index (κ1) is 14.9. The highest BCUT2D eigenvalue weighted by Gasteiger charge is 2.02. The summed E-state index contributed by atoms with van der Waals surface area (Å²) in [6.07, 6.45) is 3.39. The molecule has 0 heterocycles. The minimum Gasteiger partial charge on any atom is -0.497 e. The van der Waals surface area contributed by atoms with Gasteiger partial charge in [0.2, 0.25) is 0 Å². The molecule has 0 aromatic heterocycles. The van der Waals surface area contributed by atoms with Gasteiger partial charge in [0.05, 0.1) is 7.11 Å². The third-order valence-corrected chi connectivity index (χ3v) is 3.13. The number of carbonyl (C=O) groups is 1. The molecule has 3 nitrogen and oxygen atoms in total. The van der Waals surface area contributed by atoms with Gasteiger partial charge >= 0.3 is 0 Å². The van der Waals surface area contributed by atoms with Crippen molar-refractivity contribution in [3.63, 3.8) is 0 Å². The number of benzene rings is 2. The van der Waals surface area contributed by atoms with Gasteiger partial charge in [-0.1, -0.05) is 30.3 Å². The smallest absolute Gasteiger partial charge is 0.187 e. The lowest BCUT2D eigenvalue weighted by Crippen LogP contribution is -2.10. The molecule has 2 rings (SSSR count). The van der Waals surface area contributed by atoms with Crippen molar-refractivity contribution in [1.29, 1.82) is 0 Å². The molecule has 0 fully saturated rings. The monoisotopic (exact) mass is 281 g/mol. The summed E-state index contributed by atoms with van der Waals surface area (Å²) >= 11 is 0. The van der Waals surface area contributed by atoms with Gasteiger partial charge in [-0.3, -0.25) is 4.79 Å². The first-order valence-corrected chi connectivity index (χ1v) is 6.80. The average Bonchev–Trinajstić information content (AvgIpc) is 2.53. The van der Waals surface area contributed by atoms with Crippen LogP contribution in [0.1, 0.15) is 15.9 Å². The maximum Gasteiger partial charge on any atom is 0.187 e. The Balaban J connectivity index is 1.94. The summed E-state index contributed by atoms with van der Waals surface area (Å²) in [5, 5.41) is 0. The Morgan fingerprint density at radius 2 is 1.76 bits per heavy atom. The molecular formula is C18H19NO2. The summed E-state index contributed by atoms with van der Waals surface area (Å²) in [6.45, 7) is 0.771. The van der Waals surface area contributed by atoms with Crippen molar-refractivity contribution < 1.29 is 9.53 Å². The predicted octanol–water partition coefficient (Wildman–Crippen LogP) is 3.52. The molecule has 0 unspecified atom stereocenters. The van der Waals surface area contributed by atoms with Gasteiger partial charge in [0.25, 0.3) is 0 Å². The second-order valence-corrected chi connectivity index (χ2v) is 4.81. The van der Waals surface area contributed by atoms with E-state index in [1.807, 2.05) is 30.1 Å². The molecule has 0 saturated heterocycles. The highest BCUT2D eigenvalue weighted by Crippen LogP contribution is 2.12. The number of allylic oxidation sites excluding steroid dienone is 1. The van der Waals surface area contributed by atoms with E-state index in [0.717, 1.165) is 12.3 Å². The van der Waals surface area contributed by atoms with Crippen LogP contribution in [0.3, 0.4) is 0 Å². The number of methoxy groups -OCH3 is 1. The number of hydrogen-bond donors (Lipinski definition) is 0. The lowest BCUT2D eigenvalue weighted by Gasteiger charge is -2.13. The third-order valence-electron chi connectivity index (χ3n) is 3.13. The van der Waals surface area contributed by atoms with Gasteiger partial charge in [-0.2, -0.15) is 0 Å². The van der Waals surface area contributed by atoms with Gasteiger partial charge in [0.15, 0.2) is 5.78 Å². The van der Waals surface area contributed by atoms with E-state index in [1.165, 1.54) is 5.56 Å². The fraction of sp³-hybridized carbons (Fsp3) is 0.167. The van der Waals surface area contributed by atoms with Crippen LogP contribution in [0.15, 0.2) is 66.9 Å². The summed E-state index contributed by atoms with van der Waals surface area (Å²) in [6, 6.07) is 17.2. The first-order chi connectivity index (χ1) is 10.2. The summed E-state index contributed by atoms with van der Waals surface area (Å²) in [5.74, 6) is 0.731. The molecule has 0 saturated carbocycles. The maximum absolute atomic E-state index is 12.0. The van der Waals surface area contributed by atoms with Crippen LogP contribution in [0.2, 0.25) is 0 Å². The lowest BCUT2D eigenvalue weighted by molar-refractivity contribution is 0.104. The molecule has 2 aromatic rings. The second kappa shape index (κ2) is 7.29. The van der Waals surface area contributed by atoms with Crippen molar-refractivity contribution >= 4 is 5.78 Å². The summed E-state index contributed by atoms with van der Waals surface area (Å²) in [4.78, 5) is 14.0. The standard InChI is InChI=1S/C18H19NO2/c1-19(14-15-6-4-3-5-7-15)13-12-18(20)16-8-10-17(21-2)11-9-16/h3-13H,14H2,1-2H3/b13-12-. The van der Waals surface area contributed by atoms with Crippen molar-refractivity contribution in [3.8, 4) is 5.75 Å². The van der Waals surface area contributed by atoms with E-state index in [4.69, 9.17) is 4.74 Å². The molecule has 0 spiro atoms. The van der Waals surface area contributed by atoms with E-state index < -0.39 is 0 Å².